The first-order valence-electron chi connectivity index (χ1n) is 17.8. The summed E-state index contributed by atoms with van der Waals surface area (Å²) < 4.78 is 6.42. The molecule has 0 bridgehead atoms. The Morgan fingerprint density at radius 2 is 1.47 bits per heavy atom. The normalized spacial score (nSPS) is 15.8. The van der Waals surface area contributed by atoms with Gasteiger partial charge in [-0.3, -0.25) is 11.3 Å². The highest BCUT2D eigenvalue weighted by atomic mass is 16.3. The van der Waals surface area contributed by atoms with Crippen molar-refractivity contribution in [2.24, 2.45) is 5.84 Å². The van der Waals surface area contributed by atoms with E-state index in [9.17, 15) is 0 Å². The van der Waals surface area contributed by atoms with Crippen molar-refractivity contribution in [2.45, 2.75) is 46.5 Å². The molecule has 0 fully saturated rings. The van der Waals surface area contributed by atoms with Crippen molar-refractivity contribution in [3.8, 4) is 11.1 Å². The molecule has 260 valence electrons. The molecule has 3 aliphatic rings. The predicted octanol–water partition coefficient (Wildman–Crippen LogP) is 11.1. The zero-order valence-electron chi connectivity index (χ0n) is 30.1. The van der Waals surface area contributed by atoms with E-state index in [0.29, 0.717) is 0 Å². The first kappa shape index (κ1) is 36.7. The molecule has 51 heavy (non-hydrogen) atoms. The van der Waals surface area contributed by atoms with Gasteiger partial charge in [0.05, 0.1) is 5.70 Å². The lowest BCUT2D eigenvalue weighted by Gasteiger charge is -2.33. The standard InChI is InChI=1S/C25H25N3O.C12H11N.C7H8.C2H6/c1-17-6-4-5-15-28(19-11-9-18(10-12-19)16-27-26)24-20(17)13-14-22-21-7-2-3-8-23(21)29-25(22)24;13-12-8-4-7-11(9-12)10-5-2-1-3-6-10;1-7-5-3-2-4-6-7;1-2/h2-9,11,15,27H,1,10,12-14,16,26H2;1-9H,13H2;2-6H,1H3;1-2H3/b6-4-,15-5-;;;. The molecular formula is C46H50N4O. The Kier molecular flexibility index (Phi) is 13.2. The minimum absolute atomic E-state index is 0.723. The fourth-order valence-corrected chi connectivity index (χ4v) is 6.36. The summed E-state index contributed by atoms with van der Waals surface area (Å²) in [7, 11) is 0. The highest BCUT2D eigenvalue weighted by molar-refractivity contribution is 5.89. The van der Waals surface area contributed by atoms with Crippen LogP contribution in [0.5, 0.6) is 0 Å². The van der Waals surface area contributed by atoms with Crippen LogP contribution in [0.4, 0.5) is 5.69 Å². The summed E-state index contributed by atoms with van der Waals surface area (Å²) in [4.78, 5) is 2.30. The van der Waals surface area contributed by atoms with Crippen molar-refractivity contribution in [2.75, 3.05) is 12.3 Å². The monoisotopic (exact) mass is 674 g/mol. The third-order valence-corrected chi connectivity index (χ3v) is 8.88. The van der Waals surface area contributed by atoms with Crippen molar-refractivity contribution in [3.63, 3.8) is 0 Å². The van der Waals surface area contributed by atoms with Crippen LogP contribution in [-0.4, -0.2) is 11.4 Å². The lowest BCUT2D eigenvalue weighted by atomic mass is 9.87. The van der Waals surface area contributed by atoms with Crippen LogP contribution in [0.25, 0.3) is 27.8 Å². The fourth-order valence-electron chi connectivity index (χ4n) is 6.36. The largest absolute Gasteiger partial charge is 0.454 e. The van der Waals surface area contributed by atoms with Crippen molar-refractivity contribution in [1.29, 1.82) is 0 Å². The number of hydrogen-bond acceptors (Lipinski definition) is 5. The van der Waals surface area contributed by atoms with Gasteiger partial charge in [-0.1, -0.05) is 141 Å². The molecule has 0 saturated heterocycles. The average Bonchev–Trinajstić information content (AvgIpc) is 3.55. The van der Waals surface area contributed by atoms with Crippen molar-refractivity contribution < 1.29 is 4.42 Å². The molecule has 0 atom stereocenters. The van der Waals surface area contributed by atoms with E-state index in [2.05, 4.69) is 109 Å². The average molecular weight is 675 g/mol. The number of nitrogens with one attached hydrogen (secondary N) is 1. The van der Waals surface area contributed by atoms with Gasteiger partial charge in [-0.05, 0) is 85.2 Å². The number of nitrogen functional groups attached to an aromatic ring is 1. The number of hydrogen-bond donors (Lipinski definition) is 3. The van der Waals surface area contributed by atoms with Crippen LogP contribution in [0.3, 0.4) is 0 Å². The molecule has 5 N–H and O–H groups in total. The molecule has 0 saturated carbocycles. The number of fused-ring (bicyclic) bond motifs is 4. The van der Waals surface area contributed by atoms with Gasteiger partial charge < -0.3 is 15.1 Å². The number of nitrogens with two attached hydrogens (primary N) is 2. The van der Waals surface area contributed by atoms with Crippen LogP contribution in [0, 0.1) is 6.92 Å². The maximum absolute atomic E-state index is 6.42. The maximum atomic E-state index is 6.42. The Hall–Kier alpha value is -5.62. The summed E-state index contributed by atoms with van der Waals surface area (Å²) in [5.74, 6) is 6.48. The Labute approximate surface area is 303 Å². The number of allylic oxidation sites excluding steroid dienone is 8. The molecule has 0 amide bonds. The smallest absolute Gasteiger partial charge is 0.155 e. The summed E-state index contributed by atoms with van der Waals surface area (Å²) in [6.45, 7) is 11.1. The van der Waals surface area contributed by atoms with Gasteiger partial charge in [-0.25, -0.2) is 0 Å². The minimum atomic E-state index is 0.723. The Morgan fingerprint density at radius 1 is 0.765 bits per heavy atom. The van der Waals surface area contributed by atoms with Crippen LogP contribution in [-0.2, 0) is 6.42 Å². The van der Waals surface area contributed by atoms with Crippen LogP contribution >= 0.6 is 0 Å². The summed E-state index contributed by atoms with van der Waals surface area (Å²) in [5.41, 5.74) is 21.2. The Balaban J connectivity index is 0.000000188. The van der Waals surface area contributed by atoms with E-state index in [-0.39, 0.29) is 0 Å². The number of aryl methyl sites for hydroxylation is 2. The van der Waals surface area contributed by atoms with Crippen LogP contribution < -0.4 is 17.0 Å². The summed E-state index contributed by atoms with van der Waals surface area (Å²) >= 11 is 0. The van der Waals surface area contributed by atoms with Crippen molar-refractivity contribution in [3.05, 3.63) is 192 Å². The molecule has 5 nitrogen and oxygen atoms in total. The van der Waals surface area contributed by atoms with Gasteiger partial charge in [0.25, 0.3) is 0 Å². The zero-order chi connectivity index (χ0) is 36.0. The summed E-state index contributed by atoms with van der Waals surface area (Å²) in [6.07, 6.45) is 16.7. The van der Waals surface area contributed by atoms with Crippen LogP contribution in [0.2, 0.25) is 0 Å². The number of anilines is 1. The van der Waals surface area contributed by atoms with E-state index in [1.807, 2.05) is 74.5 Å². The second-order valence-corrected chi connectivity index (χ2v) is 12.3. The first-order valence-corrected chi connectivity index (χ1v) is 17.8. The Bertz CT molecular complexity index is 2060. The molecule has 0 unspecified atom stereocenters. The highest BCUT2D eigenvalue weighted by Gasteiger charge is 2.31. The van der Waals surface area contributed by atoms with Gasteiger partial charge in [-0.2, -0.15) is 0 Å². The van der Waals surface area contributed by atoms with Gasteiger partial charge in [0.1, 0.15) is 5.58 Å². The SMILES string of the molecule is C=C1/C=C\C=C/N(C2=CC=C(CNN)CC2)C2=C1CCc1c2oc2ccccc12.CC.Cc1ccccc1.Nc1cccc(-c2ccccc2)c1. The van der Waals surface area contributed by atoms with Gasteiger partial charge in [0, 0.05) is 35.1 Å². The molecule has 2 aliphatic carbocycles. The molecule has 5 aromatic rings. The topological polar surface area (TPSA) is 80.5 Å². The molecular weight excluding hydrogens is 625 g/mol. The third kappa shape index (κ3) is 9.34. The molecule has 8 rings (SSSR count). The Morgan fingerprint density at radius 3 is 2.14 bits per heavy atom. The number of para-hydroxylation sites is 1. The highest BCUT2D eigenvalue weighted by Crippen LogP contribution is 2.44. The third-order valence-electron chi connectivity index (χ3n) is 8.88. The number of furan rings is 1. The maximum Gasteiger partial charge on any atom is 0.155 e. The van der Waals surface area contributed by atoms with Gasteiger partial charge in [0.2, 0.25) is 0 Å². The van der Waals surface area contributed by atoms with E-state index in [1.54, 1.807) is 0 Å². The number of hydrazine groups is 1. The van der Waals surface area contributed by atoms with Crippen LogP contribution in [0.1, 0.15) is 50.0 Å². The lowest BCUT2D eigenvalue weighted by Crippen LogP contribution is -2.26. The summed E-state index contributed by atoms with van der Waals surface area (Å²) in [6, 6.07) is 36.7. The number of nitrogens with zero attached hydrogens (tertiary/aromatic N) is 1. The van der Waals surface area contributed by atoms with Gasteiger partial charge in [0.15, 0.2) is 5.76 Å². The summed E-state index contributed by atoms with van der Waals surface area (Å²) in [5, 5.41) is 1.22. The van der Waals surface area contributed by atoms with E-state index in [4.69, 9.17) is 16.0 Å². The lowest BCUT2D eigenvalue weighted by molar-refractivity contribution is 0.528. The van der Waals surface area contributed by atoms with Crippen LogP contribution in [0.15, 0.2) is 179 Å². The molecule has 0 spiro atoms. The first-order chi connectivity index (χ1) is 25.0. The van der Waals surface area contributed by atoms with E-state index >= 15 is 0 Å². The molecule has 4 aromatic carbocycles. The molecule has 2 heterocycles. The fraction of sp³-hybridized carbons (Fsp3) is 0.174. The zero-order valence-corrected chi connectivity index (χ0v) is 30.1. The van der Waals surface area contributed by atoms with Crippen molar-refractivity contribution >= 4 is 22.4 Å². The van der Waals surface area contributed by atoms with Gasteiger partial charge >= 0.3 is 0 Å². The quantitative estimate of drug-likeness (QED) is 0.100. The van der Waals surface area contributed by atoms with E-state index in [0.717, 1.165) is 60.5 Å². The predicted molar refractivity (Wildman–Crippen MR) is 217 cm³/mol. The number of benzene rings is 4. The molecule has 1 aromatic heterocycles. The molecule has 1 aliphatic heterocycles. The second kappa shape index (κ2) is 18.4. The minimum Gasteiger partial charge on any atom is -0.454 e. The van der Waals surface area contributed by atoms with Crippen molar-refractivity contribution in [1.82, 2.24) is 10.3 Å². The van der Waals surface area contributed by atoms with E-state index < -0.39 is 0 Å². The molecule has 0 radical (unpaired) electrons. The molecule has 5 heteroatoms. The van der Waals surface area contributed by atoms with Gasteiger partial charge in [-0.15, -0.1) is 0 Å². The van der Waals surface area contributed by atoms with E-state index in [1.165, 1.54) is 44.5 Å². The second-order valence-electron chi connectivity index (χ2n) is 12.3. The number of rotatable bonds is 4.